The van der Waals surface area contributed by atoms with Crippen molar-refractivity contribution in [3.05, 3.63) is 48.0 Å². The predicted molar refractivity (Wildman–Crippen MR) is 113 cm³/mol. The molecule has 4 nitrogen and oxygen atoms in total. The fraction of sp³-hybridized carbons (Fsp3) is 0.640. The molecule has 4 rings (SSSR count). The number of nitrogens with one attached hydrogen (secondary N) is 1. The summed E-state index contributed by atoms with van der Waals surface area (Å²) in [6, 6.07) is 9.80. The van der Waals surface area contributed by atoms with Crippen LogP contribution in [0.25, 0.3) is 0 Å². The molecule has 2 saturated carbocycles. The Morgan fingerprint density at radius 1 is 1.34 bits per heavy atom. The molecule has 1 aliphatic heterocycles. The van der Waals surface area contributed by atoms with Gasteiger partial charge in [-0.2, -0.15) is 0 Å². The maximum Gasteiger partial charge on any atom is 0.315 e. The second-order valence-electron chi connectivity index (χ2n) is 10.1. The standard InChI is InChI=1S/C25H35NO3/c1-16-9-8-12-25(3)14-22-19(13-21(16)25)20(24(28)29-22)15-26(4)17(2)23(27)18-10-6-5-7-11-18/h5-7,10-11,17,19-23,27H,1,8-9,12-15H2,2-4H3/p+1/t17-,19+,20-,21-,22-,23+,25-/m0/s1. The molecule has 8 atom stereocenters. The Kier molecular flexibility index (Phi) is 5.60. The van der Waals surface area contributed by atoms with Crippen LogP contribution in [0.1, 0.15) is 57.6 Å². The van der Waals surface area contributed by atoms with Crippen molar-refractivity contribution in [2.45, 2.75) is 64.2 Å². The number of rotatable bonds is 5. The SMILES string of the molecule is C=C1CCC[C@@]2(C)C[C@@H]3OC(=O)[C@@H](C[NH+](C)[C@@H](C)[C@@H](O)c4ccccc4)[C@H]3C[C@@H]12. The first-order valence-corrected chi connectivity index (χ1v) is 11.2. The molecule has 4 heteroatoms. The van der Waals surface area contributed by atoms with Gasteiger partial charge in [0, 0.05) is 5.92 Å². The highest BCUT2D eigenvalue weighted by Crippen LogP contribution is 2.56. The lowest BCUT2D eigenvalue weighted by Gasteiger charge is -2.50. The minimum absolute atomic E-state index is 0.00255. The van der Waals surface area contributed by atoms with Gasteiger partial charge in [0.15, 0.2) is 0 Å². The van der Waals surface area contributed by atoms with Crippen molar-refractivity contribution in [1.29, 1.82) is 0 Å². The van der Waals surface area contributed by atoms with Gasteiger partial charge >= 0.3 is 5.97 Å². The van der Waals surface area contributed by atoms with Crippen LogP contribution >= 0.6 is 0 Å². The summed E-state index contributed by atoms with van der Waals surface area (Å²) in [4.78, 5) is 14.0. The number of quaternary nitrogens is 1. The van der Waals surface area contributed by atoms with E-state index in [2.05, 4.69) is 27.5 Å². The number of hydrogen-bond donors (Lipinski definition) is 2. The molecule has 1 saturated heterocycles. The summed E-state index contributed by atoms with van der Waals surface area (Å²) in [6.45, 7) is 9.52. The smallest absolute Gasteiger partial charge is 0.315 e. The molecular weight excluding hydrogens is 362 g/mol. The molecule has 0 bridgehead atoms. The van der Waals surface area contributed by atoms with E-state index in [9.17, 15) is 9.90 Å². The Hall–Kier alpha value is -1.65. The van der Waals surface area contributed by atoms with Gasteiger partial charge in [-0.15, -0.1) is 0 Å². The minimum atomic E-state index is -0.544. The summed E-state index contributed by atoms with van der Waals surface area (Å²) in [5.41, 5.74) is 2.54. The molecule has 1 aromatic carbocycles. The van der Waals surface area contributed by atoms with Gasteiger partial charge in [0.25, 0.3) is 0 Å². The second-order valence-corrected chi connectivity index (χ2v) is 10.1. The maximum atomic E-state index is 12.8. The van der Waals surface area contributed by atoms with Gasteiger partial charge < -0.3 is 14.7 Å². The van der Waals surface area contributed by atoms with Crippen LogP contribution in [0, 0.1) is 23.2 Å². The lowest BCUT2D eigenvalue weighted by atomic mass is 9.55. The Balaban J connectivity index is 1.46. The average Bonchev–Trinajstić information content (AvgIpc) is 2.99. The Labute approximate surface area is 174 Å². The molecule has 0 radical (unpaired) electrons. The zero-order valence-corrected chi connectivity index (χ0v) is 18.1. The lowest BCUT2D eigenvalue weighted by molar-refractivity contribution is -0.911. The molecule has 0 aromatic heterocycles. The van der Waals surface area contributed by atoms with Crippen LogP contribution in [0.4, 0.5) is 0 Å². The summed E-state index contributed by atoms with van der Waals surface area (Å²) in [7, 11) is 2.09. The molecular formula is C25H36NO3+. The Morgan fingerprint density at radius 2 is 2.07 bits per heavy atom. The average molecular weight is 399 g/mol. The molecule has 3 fully saturated rings. The van der Waals surface area contributed by atoms with Crippen LogP contribution < -0.4 is 4.90 Å². The number of likely N-dealkylation sites (N-methyl/N-ethyl adjacent to an activating group) is 1. The summed E-state index contributed by atoms with van der Waals surface area (Å²) in [5.74, 6) is 0.687. The first kappa shape index (κ1) is 20.6. The van der Waals surface area contributed by atoms with Crippen LogP contribution in [-0.4, -0.2) is 36.8 Å². The van der Waals surface area contributed by atoms with E-state index < -0.39 is 6.10 Å². The van der Waals surface area contributed by atoms with Gasteiger partial charge in [0.2, 0.25) is 0 Å². The molecule has 0 amide bonds. The van der Waals surface area contributed by atoms with E-state index in [1.807, 2.05) is 30.3 Å². The number of carbonyl (C=O) groups excluding carboxylic acids is 1. The molecule has 1 aromatic rings. The number of aliphatic hydroxyl groups excluding tert-OH is 1. The van der Waals surface area contributed by atoms with Gasteiger partial charge in [-0.25, -0.2) is 0 Å². The fourth-order valence-electron chi connectivity index (χ4n) is 6.23. The Morgan fingerprint density at radius 3 is 2.79 bits per heavy atom. The quantitative estimate of drug-likeness (QED) is 0.592. The van der Waals surface area contributed by atoms with Crippen molar-refractivity contribution in [2.75, 3.05) is 13.6 Å². The van der Waals surface area contributed by atoms with Crippen molar-refractivity contribution >= 4 is 5.97 Å². The van der Waals surface area contributed by atoms with E-state index >= 15 is 0 Å². The maximum absolute atomic E-state index is 12.8. The molecule has 158 valence electrons. The van der Waals surface area contributed by atoms with Gasteiger partial charge in [-0.05, 0) is 55.9 Å². The van der Waals surface area contributed by atoms with E-state index in [0.717, 1.165) is 24.8 Å². The number of benzene rings is 1. The summed E-state index contributed by atoms with van der Waals surface area (Å²) >= 11 is 0. The van der Waals surface area contributed by atoms with Gasteiger partial charge in [0.1, 0.15) is 24.2 Å². The molecule has 2 N–H and O–H groups in total. The fourth-order valence-corrected chi connectivity index (χ4v) is 6.23. The number of esters is 1. The van der Waals surface area contributed by atoms with E-state index in [-0.39, 0.29) is 35.4 Å². The predicted octanol–water partition coefficient (Wildman–Crippen LogP) is 2.94. The van der Waals surface area contributed by atoms with Crippen molar-refractivity contribution in [1.82, 2.24) is 0 Å². The van der Waals surface area contributed by atoms with E-state index in [4.69, 9.17) is 4.74 Å². The van der Waals surface area contributed by atoms with Gasteiger partial charge in [-0.3, -0.25) is 4.79 Å². The zero-order chi connectivity index (χ0) is 20.8. The lowest BCUT2D eigenvalue weighted by Crippen LogP contribution is -3.14. The van der Waals surface area contributed by atoms with Crippen LogP contribution in [-0.2, 0) is 9.53 Å². The Bertz CT molecular complexity index is 763. The highest BCUT2D eigenvalue weighted by molar-refractivity contribution is 5.75. The molecule has 2 aliphatic carbocycles. The number of allylic oxidation sites excluding steroid dienone is 1. The van der Waals surface area contributed by atoms with E-state index in [0.29, 0.717) is 12.5 Å². The number of ether oxygens (including phenoxy) is 1. The molecule has 29 heavy (non-hydrogen) atoms. The van der Waals surface area contributed by atoms with E-state index in [1.165, 1.54) is 23.3 Å². The van der Waals surface area contributed by atoms with Crippen LogP contribution in [0.15, 0.2) is 42.5 Å². The topological polar surface area (TPSA) is 51.0 Å². The van der Waals surface area contributed by atoms with Crippen LogP contribution in [0.3, 0.4) is 0 Å². The zero-order valence-electron chi connectivity index (χ0n) is 18.1. The van der Waals surface area contributed by atoms with Gasteiger partial charge in [0.05, 0.1) is 13.6 Å². The first-order chi connectivity index (χ1) is 13.8. The summed E-state index contributed by atoms with van der Waals surface area (Å²) in [5, 5.41) is 10.8. The van der Waals surface area contributed by atoms with Gasteiger partial charge in [-0.1, -0.05) is 49.4 Å². The second kappa shape index (κ2) is 7.88. The number of aliphatic hydroxyl groups is 1. The monoisotopic (exact) mass is 398 g/mol. The van der Waals surface area contributed by atoms with Crippen LogP contribution in [0.5, 0.6) is 0 Å². The van der Waals surface area contributed by atoms with Crippen molar-refractivity contribution in [3.63, 3.8) is 0 Å². The summed E-state index contributed by atoms with van der Waals surface area (Å²) in [6.07, 6.45) is 5.07. The van der Waals surface area contributed by atoms with Crippen LogP contribution in [0.2, 0.25) is 0 Å². The molecule has 0 spiro atoms. The minimum Gasteiger partial charge on any atom is -0.462 e. The largest absolute Gasteiger partial charge is 0.462 e. The van der Waals surface area contributed by atoms with Crippen molar-refractivity contribution < 1.29 is 19.5 Å². The highest BCUT2D eigenvalue weighted by atomic mass is 16.6. The number of carbonyl (C=O) groups is 1. The normalized spacial score (nSPS) is 37.2. The van der Waals surface area contributed by atoms with Crippen molar-refractivity contribution in [3.8, 4) is 0 Å². The number of fused-ring (bicyclic) bond motifs is 2. The third-order valence-electron chi connectivity index (χ3n) is 8.25. The number of hydrogen-bond acceptors (Lipinski definition) is 3. The highest BCUT2D eigenvalue weighted by Gasteiger charge is 2.56. The first-order valence-electron chi connectivity index (χ1n) is 11.2. The molecule has 1 unspecified atom stereocenters. The molecule has 3 aliphatic rings. The van der Waals surface area contributed by atoms with E-state index in [1.54, 1.807) is 0 Å². The third-order valence-corrected chi connectivity index (χ3v) is 8.25. The van der Waals surface area contributed by atoms with Crippen molar-refractivity contribution in [2.24, 2.45) is 23.2 Å². The summed E-state index contributed by atoms with van der Waals surface area (Å²) < 4.78 is 5.91. The third kappa shape index (κ3) is 3.77. The molecule has 1 heterocycles.